The first-order valence-corrected chi connectivity index (χ1v) is 6.51. The predicted octanol–water partition coefficient (Wildman–Crippen LogP) is 2.60. The average Bonchev–Trinajstić information content (AvgIpc) is 2.16. The number of alkyl halides is 1. The largest absolute Gasteiger partial charge is 1.00 e. The summed E-state index contributed by atoms with van der Waals surface area (Å²) in [4.78, 5) is 0. The van der Waals surface area contributed by atoms with Crippen molar-refractivity contribution in [2.45, 2.75) is 71.1 Å². The Balaban J connectivity index is -0.000000720. The number of hydrogen-bond acceptors (Lipinski definition) is 0. The van der Waals surface area contributed by atoms with Gasteiger partial charge in [0.05, 0.1) is 0 Å². The molecule has 0 unspecified atom stereocenters. The molecule has 0 bridgehead atoms. The summed E-state index contributed by atoms with van der Waals surface area (Å²) in [7, 11) is 0. The van der Waals surface area contributed by atoms with Gasteiger partial charge in [0.25, 0.3) is 0 Å². The van der Waals surface area contributed by atoms with Crippen molar-refractivity contribution in [3.63, 3.8) is 0 Å². The van der Waals surface area contributed by atoms with Crippen LogP contribution in [0.15, 0.2) is 0 Å². The van der Waals surface area contributed by atoms with E-state index in [0.717, 1.165) is 5.88 Å². The number of hydrogen-bond donors (Lipinski definition) is 0. The van der Waals surface area contributed by atoms with Gasteiger partial charge in [-0.1, -0.05) is 64.7 Å². The van der Waals surface area contributed by atoms with E-state index in [-0.39, 0.29) is 37.0 Å². The van der Waals surface area contributed by atoms with Gasteiger partial charge in [-0.2, -0.15) is 0 Å². The molecule has 0 radical (unpaired) electrons. The van der Waals surface area contributed by atoms with Crippen molar-refractivity contribution in [3.05, 3.63) is 7.43 Å². The third-order valence-corrected chi connectivity index (χ3v) is 2.75. The van der Waals surface area contributed by atoms with E-state index in [9.17, 15) is 0 Å². The Morgan fingerprint density at radius 2 is 1.00 bits per heavy atom. The Bertz CT molecular complexity index is 76.6. The van der Waals surface area contributed by atoms with Gasteiger partial charge in [0, 0.05) is 5.88 Å². The molecule has 0 atom stereocenters. The van der Waals surface area contributed by atoms with Crippen LogP contribution in [0.2, 0.25) is 0 Å². The Labute approximate surface area is 125 Å². The first-order valence-electron chi connectivity index (χ1n) is 5.97. The van der Waals surface area contributed by atoms with Gasteiger partial charge in [-0.25, -0.2) is 0 Å². The van der Waals surface area contributed by atoms with Crippen LogP contribution in [0, 0.1) is 7.43 Å². The molecule has 0 aliphatic carbocycles. The second-order valence-electron chi connectivity index (χ2n) is 3.87. The number of rotatable bonds is 10. The van der Waals surface area contributed by atoms with Crippen LogP contribution in [-0.4, -0.2) is 5.88 Å². The normalized spacial score (nSPS) is 9.20. The van der Waals surface area contributed by atoms with Crippen LogP contribution in [0.1, 0.15) is 71.1 Å². The Hall–Kier alpha value is 1.29. The summed E-state index contributed by atoms with van der Waals surface area (Å²) in [6.07, 6.45) is 13.9. The fourth-order valence-corrected chi connectivity index (χ4v) is 1.77. The van der Waals surface area contributed by atoms with Gasteiger partial charge in [0.2, 0.25) is 0 Å². The topological polar surface area (TPSA) is 0 Å². The van der Waals surface area contributed by atoms with Gasteiger partial charge in [-0.05, 0) is 6.42 Å². The molecule has 0 aromatic heterocycles. The van der Waals surface area contributed by atoms with Crippen molar-refractivity contribution >= 4 is 11.6 Å². The summed E-state index contributed by atoms with van der Waals surface area (Å²) in [6, 6.07) is 0. The van der Waals surface area contributed by atoms with Crippen molar-refractivity contribution in [3.8, 4) is 0 Å². The molecule has 2 heteroatoms. The molecule has 0 amide bonds. The maximum Gasteiger partial charge on any atom is 1.00 e. The number of halogens is 1. The van der Waals surface area contributed by atoms with Crippen LogP contribution < -0.4 is 29.6 Å². The molecule has 0 N–H and O–H groups in total. The molecular weight excluding hydrogens is 215 g/mol. The molecular formula is C13H28ClNa. The zero-order valence-corrected chi connectivity index (χ0v) is 13.9. The molecule has 0 spiro atoms. The average molecular weight is 243 g/mol. The van der Waals surface area contributed by atoms with Crippen LogP contribution in [0.5, 0.6) is 0 Å². The fourth-order valence-electron chi connectivity index (χ4n) is 1.58. The Kier molecular flexibility index (Phi) is 29.7. The van der Waals surface area contributed by atoms with Crippen molar-refractivity contribution in [1.82, 2.24) is 0 Å². The van der Waals surface area contributed by atoms with Gasteiger partial charge in [-0.3, -0.25) is 0 Å². The maximum absolute atomic E-state index is 5.60. The number of unbranched alkanes of at least 4 members (excludes halogenated alkanes) is 9. The third-order valence-electron chi connectivity index (χ3n) is 2.49. The van der Waals surface area contributed by atoms with E-state index >= 15 is 0 Å². The standard InChI is InChI=1S/C12H25Cl.CH3.Na/c1-2-3-4-5-6-7-8-9-10-11-12-13;;/h2-12H2,1H3;1H3;/q;-1;+1. The van der Waals surface area contributed by atoms with Crippen molar-refractivity contribution in [2.75, 3.05) is 5.88 Å². The van der Waals surface area contributed by atoms with Gasteiger partial charge < -0.3 is 7.43 Å². The molecule has 0 saturated heterocycles. The quantitative estimate of drug-likeness (QED) is 0.239. The van der Waals surface area contributed by atoms with Crippen molar-refractivity contribution in [2.24, 2.45) is 0 Å². The van der Waals surface area contributed by atoms with E-state index in [2.05, 4.69) is 6.92 Å². The predicted molar refractivity (Wildman–Crippen MR) is 69.0 cm³/mol. The Morgan fingerprint density at radius 1 is 0.667 bits per heavy atom. The van der Waals surface area contributed by atoms with E-state index in [4.69, 9.17) is 11.6 Å². The first kappa shape index (κ1) is 21.6. The molecule has 0 aromatic rings. The summed E-state index contributed by atoms with van der Waals surface area (Å²) >= 11 is 5.60. The molecule has 15 heavy (non-hydrogen) atoms. The van der Waals surface area contributed by atoms with Gasteiger partial charge in [0.1, 0.15) is 0 Å². The molecule has 0 heterocycles. The summed E-state index contributed by atoms with van der Waals surface area (Å²) < 4.78 is 0. The van der Waals surface area contributed by atoms with Crippen LogP contribution >= 0.6 is 11.6 Å². The van der Waals surface area contributed by atoms with Crippen LogP contribution in [-0.2, 0) is 0 Å². The molecule has 0 aliphatic rings. The molecule has 0 rings (SSSR count). The fraction of sp³-hybridized carbons (Fsp3) is 0.923. The van der Waals surface area contributed by atoms with E-state index in [0.29, 0.717) is 0 Å². The van der Waals surface area contributed by atoms with Gasteiger partial charge in [0.15, 0.2) is 0 Å². The van der Waals surface area contributed by atoms with E-state index < -0.39 is 0 Å². The molecule has 0 aliphatic heterocycles. The molecule has 0 fully saturated rings. The second-order valence-corrected chi connectivity index (χ2v) is 4.25. The van der Waals surface area contributed by atoms with Crippen molar-refractivity contribution in [1.29, 1.82) is 0 Å². The van der Waals surface area contributed by atoms with Crippen LogP contribution in [0.3, 0.4) is 0 Å². The molecule has 0 saturated carbocycles. The van der Waals surface area contributed by atoms with Gasteiger partial charge in [-0.15, -0.1) is 11.6 Å². The summed E-state index contributed by atoms with van der Waals surface area (Å²) in [5, 5.41) is 0. The Morgan fingerprint density at radius 3 is 1.33 bits per heavy atom. The summed E-state index contributed by atoms with van der Waals surface area (Å²) in [6.45, 7) is 2.27. The minimum Gasteiger partial charge on any atom is -0.358 e. The zero-order chi connectivity index (χ0) is 9.78. The smallest absolute Gasteiger partial charge is 0.358 e. The minimum atomic E-state index is 0. The van der Waals surface area contributed by atoms with Crippen LogP contribution in [0.25, 0.3) is 0 Å². The summed E-state index contributed by atoms with van der Waals surface area (Å²) in [5.41, 5.74) is 0. The monoisotopic (exact) mass is 242 g/mol. The SMILES string of the molecule is CCCCCCCCCCCCCl.[CH3-].[Na+]. The van der Waals surface area contributed by atoms with E-state index in [1.54, 1.807) is 0 Å². The van der Waals surface area contributed by atoms with E-state index in [1.807, 2.05) is 0 Å². The first-order chi connectivity index (χ1) is 6.41. The molecule has 0 nitrogen and oxygen atoms in total. The minimum absolute atomic E-state index is 0. The third kappa shape index (κ3) is 21.2. The molecule has 0 aromatic carbocycles. The zero-order valence-electron chi connectivity index (χ0n) is 11.2. The van der Waals surface area contributed by atoms with Crippen LogP contribution in [0.4, 0.5) is 0 Å². The van der Waals surface area contributed by atoms with E-state index in [1.165, 1.54) is 64.2 Å². The molecule has 88 valence electrons. The maximum atomic E-state index is 5.60. The van der Waals surface area contributed by atoms with Crippen molar-refractivity contribution < 1.29 is 29.6 Å². The van der Waals surface area contributed by atoms with Gasteiger partial charge >= 0.3 is 29.6 Å². The second kappa shape index (κ2) is 20.7. The summed E-state index contributed by atoms with van der Waals surface area (Å²) in [5.74, 6) is 0.844.